The smallest absolute Gasteiger partial charge is 0.239 e. The Bertz CT molecular complexity index is 377. The molecule has 0 aliphatic carbocycles. The monoisotopic (exact) mass is 236 g/mol. The number of rotatable bonds is 6. The number of benzene rings is 1. The lowest BCUT2D eigenvalue weighted by Crippen LogP contribution is -2.33. The van der Waals surface area contributed by atoms with E-state index < -0.39 is 6.04 Å². The van der Waals surface area contributed by atoms with Crippen LogP contribution in [0.2, 0.25) is 0 Å². The van der Waals surface area contributed by atoms with Crippen LogP contribution in [-0.4, -0.2) is 18.6 Å². The second-order valence-corrected chi connectivity index (χ2v) is 4.13. The number of primary amides is 1. The molecule has 1 aromatic carbocycles. The van der Waals surface area contributed by atoms with Crippen LogP contribution >= 0.6 is 0 Å². The Balaban J connectivity index is 2.91. The molecule has 0 aliphatic heterocycles. The third-order valence-corrected chi connectivity index (χ3v) is 2.26. The van der Waals surface area contributed by atoms with E-state index in [9.17, 15) is 4.79 Å². The molecule has 94 valence electrons. The molecule has 1 aromatic rings. The Morgan fingerprint density at radius 3 is 2.71 bits per heavy atom. The maximum atomic E-state index is 11.3. The number of nitrogens with two attached hydrogens (primary N) is 1. The van der Waals surface area contributed by atoms with Gasteiger partial charge in [-0.15, -0.1) is 0 Å². The topological polar surface area (TPSA) is 64.3 Å². The average molecular weight is 236 g/mol. The van der Waals surface area contributed by atoms with Gasteiger partial charge in [-0.2, -0.15) is 0 Å². The first-order chi connectivity index (χ1) is 8.04. The highest BCUT2D eigenvalue weighted by atomic mass is 16.5. The van der Waals surface area contributed by atoms with Crippen LogP contribution in [-0.2, 0) is 4.79 Å². The molecule has 0 spiro atoms. The van der Waals surface area contributed by atoms with Gasteiger partial charge in [0.1, 0.15) is 11.8 Å². The number of carbonyl (C=O) groups is 1. The number of likely N-dealkylation sites (N-methyl/N-ethyl adjacent to an activating group) is 1. The quantitative estimate of drug-likeness (QED) is 0.788. The molecule has 1 amide bonds. The first-order valence-electron chi connectivity index (χ1n) is 5.84. The van der Waals surface area contributed by atoms with Crippen molar-refractivity contribution >= 4 is 5.91 Å². The van der Waals surface area contributed by atoms with E-state index in [1.54, 1.807) is 0 Å². The standard InChI is InChI=1S/C13H20N2O2/c1-4-15-12(13(14)16)10-6-5-7-11(8-10)17-9(2)3/h5-9,12,15H,4H2,1-3H3,(H2,14,16). The molecular formula is C13H20N2O2. The van der Waals surface area contributed by atoms with Crippen molar-refractivity contribution in [3.8, 4) is 5.75 Å². The van der Waals surface area contributed by atoms with Crippen molar-refractivity contribution in [2.75, 3.05) is 6.54 Å². The minimum Gasteiger partial charge on any atom is -0.491 e. The van der Waals surface area contributed by atoms with Gasteiger partial charge >= 0.3 is 0 Å². The molecule has 0 fully saturated rings. The van der Waals surface area contributed by atoms with Gasteiger partial charge in [0.25, 0.3) is 0 Å². The van der Waals surface area contributed by atoms with Crippen LogP contribution in [0, 0.1) is 0 Å². The summed E-state index contributed by atoms with van der Waals surface area (Å²) in [6.07, 6.45) is 0.108. The highest BCUT2D eigenvalue weighted by Gasteiger charge is 2.16. The van der Waals surface area contributed by atoms with Gasteiger partial charge in [-0.1, -0.05) is 19.1 Å². The van der Waals surface area contributed by atoms with Crippen molar-refractivity contribution in [3.05, 3.63) is 29.8 Å². The zero-order chi connectivity index (χ0) is 12.8. The highest BCUT2D eigenvalue weighted by Crippen LogP contribution is 2.20. The molecule has 0 radical (unpaired) electrons. The van der Waals surface area contributed by atoms with E-state index in [1.807, 2.05) is 45.0 Å². The first kappa shape index (κ1) is 13.5. The summed E-state index contributed by atoms with van der Waals surface area (Å²) in [6.45, 7) is 6.54. The Kier molecular flexibility index (Phi) is 4.97. The molecule has 4 heteroatoms. The molecule has 0 aromatic heterocycles. The van der Waals surface area contributed by atoms with E-state index in [0.29, 0.717) is 6.54 Å². The molecule has 0 aliphatic rings. The van der Waals surface area contributed by atoms with E-state index in [0.717, 1.165) is 11.3 Å². The molecule has 0 heterocycles. The van der Waals surface area contributed by atoms with Crippen molar-refractivity contribution in [1.82, 2.24) is 5.32 Å². The summed E-state index contributed by atoms with van der Waals surface area (Å²) in [4.78, 5) is 11.3. The summed E-state index contributed by atoms with van der Waals surface area (Å²) in [5, 5.41) is 3.05. The van der Waals surface area contributed by atoms with Crippen molar-refractivity contribution in [2.45, 2.75) is 32.9 Å². The zero-order valence-electron chi connectivity index (χ0n) is 10.6. The number of nitrogens with one attached hydrogen (secondary N) is 1. The van der Waals surface area contributed by atoms with Gasteiger partial charge in [-0.05, 0) is 38.1 Å². The Labute approximate surface area is 102 Å². The van der Waals surface area contributed by atoms with Crippen LogP contribution in [0.15, 0.2) is 24.3 Å². The summed E-state index contributed by atoms with van der Waals surface area (Å²) < 4.78 is 5.58. The largest absolute Gasteiger partial charge is 0.491 e. The normalized spacial score (nSPS) is 12.5. The predicted octanol–water partition coefficient (Wildman–Crippen LogP) is 1.61. The number of hydrogen-bond acceptors (Lipinski definition) is 3. The van der Waals surface area contributed by atoms with Crippen molar-refractivity contribution in [3.63, 3.8) is 0 Å². The van der Waals surface area contributed by atoms with Gasteiger partial charge in [0.05, 0.1) is 6.10 Å². The van der Waals surface area contributed by atoms with E-state index in [1.165, 1.54) is 0 Å². The van der Waals surface area contributed by atoms with Gasteiger partial charge in [0.15, 0.2) is 0 Å². The fourth-order valence-corrected chi connectivity index (χ4v) is 1.63. The van der Waals surface area contributed by atoms with Crippen molar-refractivity contribution in [1.29, 1.82) is 0 Å². The third-order valence-electron chi connectivity index (χ3n) is 2.26. The summed E-state index contributed by atoms with van der Waals surface area (Å²) in [5.41, 5.74) is 6.19. The second kappa shape index (κ2) is 6.25. The number of carbonyl (C=O) groups excluding carboxylic acids is 1. The van der Waals surface area contributed by atoms with Crippen molar-refractivity contribution < 1.29 is 9.53 Å². The van der Waals surface area contributed by atoms with E-state index >= 15 is 0 Å². The third kappa shape index (κ3) is 4.07. The number of hydrogen-bond donors (Lipinski definition) is 2. The first-order valence-corrected chi connectivity index (χ1v) is 5.84. The maximum Gasteiger partial charge on any atom is 0.239 e. The lowest BCUT2D eigenvalue weighted by atomic mass is 10.1. The fraction of sp³-hybridized carbons (Fsp3) is 0.462. The molecule has 1 unspecified atom stereocenters. The minimum absolute atomic E-state index is 0.108. The highest BCUT2D eigenvalue weighted by molar-refractivity contribution is 5.81. The minimum atomic E-state index is -0.462. The molecule has 4 nitrogen and oxygen atoms in total. The molecule has 3 N–H and O–H groups in total. The SMILES string of the molecule is CCNC(C(N)=O)c1cccc(OC(C)C)c1. The van der Waals surface area contributed by atoms with Crippen LogP contribution < -0.4 is 15.8 Å². The average Bonchev–Trinajstić information content (AvgIpc) is 2.24. The lowest BCUT2D eigenvalue weighted by Gasteiger charge is -2.16. The lowest BCUT2D eigenvalue weighted by molar-refractivity contribution is -0.120. The molecule has 0 saturated heterocycles. The van der Waals surface area contributed by atoms with Crippen LogP contribution in [0.3, 0.4) is 0 Å². The predicted molar refractivity (Wildman–Crippen MR) is 67.8 cm³/mol. The number of amides is 1. The van der Waals surface area contributed by atoms with Crippen LogP contribution in [0.5, 0.6) is 5.75 Å². The second-order valence-electron chi connectivity index (χ2n) is 4.13. The Morgan fingerprint density at radius 2 is 2.18 bits per heavy atom. The molecular weight excluding hydrogens is 216 g/mol. The molecule has 1 rings (SSSR count). The van der Waals surface area contributed by atoms with Crippen molar-refractivity contribution in [2.24, 2.45) is 5.73 Å². The molecule has 0 bridgehead atoms. The van der Waals surface area contributed by atoms with E-state index in [2.05, 4.69) is 5.32 Å². The summed E-state index contributed by atoms with van der Waals surface area (Å²) in [5.74, 6) is 0.371. The van der Waals surface area contributed by atoms with Gasteiger partial charge in [-0.25, -0.2) is 0 Å². The summed E-state index contributed by atoms with van der Waals surface area (Å²) in [6, 6.07) is 6.98. The summed E-state index contributed by atoms with van der Waals surface area (Å²) >= 11 is 0. The van der Waals surface area contributed by atoms with Gasteiger partial charge in [-0.3, -0.25) is 4.79 Å². The molecule has 0 saturated carbocycles. The van der Waals surface area contributed by atoms with Crippen LogP contribution in [0.1, 0.15) is 32.4 Å². The molecule has 17 heavy (non-hydrogen) atoms. The van der Waals surface area contributed by atoms with Crippen LogP contribution in [0.4, 0.5) is 0 Å². The maximum absolute atomic E-state index is 11.3. The Morgan fingerprint density at radius 1 is 1.47 bits per heavy atom. The van der Waals surface area contributed by atoms with Gasteiger partial charge < -0.3 is 15.8 Å². The van der Waals surface area contributed by atoms with E-state index in [4.69, 9.17) is 10.5 Å². The number of ether oxygens (including phenoxy) is 1. The van der Waals surface area contributed by atoms with Gasteiger partial charge in [0, 0.05) is 0 Å². The zero-order valence-corrected chi connectivity index (χ0v) is 10.6. The van der Waals surface area contributed by atoms with Gasteiger partial charge in [0.2, 0.25) is 5.91 Å². The summed E-state index contributed by atoms with van der Waals surface area (Å²) in [7, 11) is 0. The fourth-order valence-electron chi connectivity index (χ4n) is 1.63. The van der Waals surface area contributed by atoms with Crippen LogP contribution in [0.25, 0.3) is 0 Å². The Hall–Kier alpha value is -1.55. The van der Waals surface area contributed by atoms with E-state index in [-0.39, 0.29) is 12.0 Å². The molecule has 1 atom stereocenters.